The summed E-state index contributed by atoms with van der Waals surface area (Å²) in [5.41, 5.74) is 1.38. The van der Waals surface area contributed by atoms with Crippen LogP contribution in [0.3, 0.4) is 0 Å². The van der Waals surface area contributed by atoms with Crippen LogP contribution < -0.4 is 5.32 Å². The van der Waals surface area contributed by atoms with Crippen LogP contribution in [0.25, 0.3) is 0 Å². The molecule has 0 saturated heterocycles. The topological polar surface area (TPSA) is 12.0 Å². The molecule has 1 aliphatic rings. The molecular formula is C13H17Br2N. The van der Waals surface area contributed by atoms with Gasteiger partial charge in [0.05, 0.1) is 0 Å². The van der Waals surface area contributed by atoms with Gasteiger partial charge in [0.15, 0.2) is 0 Å². The molecular weight excluding hydrogens is 330 g/mol. The van der Waals surface area contributed by atoms with Gasteiger partial charge < -0.3 is 5.32 Å². The molecule has 0 heterocycles. The van der Waals surface area contributed by atoms with Crippen molar-refractivity contribution in [1.82, 2.24) is 5.32 Å². The van der Waals surface area contributed by atoms with Crippen molar-refractivity contribution in [3.05, 3.63) is 32.7 Å². The third-order valence-corrected chi connectivity index (χ3v) is 4.34. The number of nitrogens with one attached hydrogen (secondary N) is 1. The molecule has 0 aromatic heterocycles. The Balaban J connectivity index is 2.24. The van der Waals surface area contributed by atoms with Crippen LogP contribution in [-0.2, 0) is 0 Å². The largest absolute Gasteiger partial charge is 0.313 e. The van der Waals surface area contributed by atoms with Crippen molar-refractivity contribution >= 4 is 31.9 Å². The molecule has 0 spiro atoms. The Hall–Kier alpha value is 0.140. The van der Waals surface area contributed by atoms with Gasteiger partial charge in [0.2, 0.25) is 0 Å². The quantitative estimate of drug-likeness (QED) is 0.839. The number of benzene rings is 1. The van der Waals surface area contributed by atoms with E-state index in [1.807, 2.05) is 0 Å². The van der Waals surface area contributed by atoms with E-state index >= 15 is 0 Å². The molecule has 1 aromatic carbocycles. The first-order valence-corrected chi connectivity index (χ1v) is 7.42. The van der Waals surface area contributed by atoms with E-state index in [1.165, 1.54) is 31.2 Å². The van der Waals surface area contributed by atoms with Gasteiger partial charge in [0, 0.05) is 15.0 Å². The Labute approximate surface area is 114 Å². The van der Waals surface area contributed by atoms with Crippen molar-refractivity contribution in [2.75, 3.05) is 7.05 Å². The van der Waals surface area contributed by atoms with E-state index in [0.29, 0.717) is 6.04 Å². The highest BCUT2D eigenvalue weighted by Crippen LogP contribution is 2.37. The highest BCUT2D eigenvalue weighted by molar-refractivity contribution is 9.11. The van der Waals surface area contributed by atoms with Crippen molar-refractivity contribution < 1.29 is 0 Å². The van der Waals surface area contributed by atoms with Crippen molar-refractivity contribution in [2.24, 2.45) is 5.92 Å². The summed E-state index contributed by atoms with van der Waals surface area (Å²) in [6.07, 6.45) is 5.49. The molecule has 1 aromatic rings. The summed E-state index contributed by atoms with van der Waals surface area (Å²) >= 11 is 7.12. The molecule has 0 amide bonds. The maximum absolute atomic E-state index is 3.56. The van der Waals surface area contributed by atoms with Crippen molar-refractivity contribution in [2.45, 2.75) is 31.7 Å². The van der Waals surface area contributed by atoms with Gasteiger partial charge in [-0.2, -0.15) is 0 Å². The Morgan fingerprint density at radius 3 is 2.19 bits per heavy atom. The second-order valence-electron chi connectivity index (χ2n) is 4.51. The summed E-state index contributed by atoms with van der Waals surface area (Å²) < 4.78 is 2.30. The molecule has 2 rings (SSSR count). The minimum absolute atomic E-state index is 0.497. The van der Waals surface area contributed by atoms with E-state index in [2.05, 4.69) is 62.4 Å². The Morgan fingerprint density at radius 2 is 1.69 bits per heavy atom. The minimum Gasteiger partial charge on any atom is -0.313 e. The molecule has 1 saturated carbocycles. The molecule has 3 heteroatoms. The number of halogens is 2. The van der Waals surface area contributed by atoms with Crippen LogP contribution in [0.2, 0.25) is 0 Å². The summed E-state index contributed by atoms with van der Waals surface area (Å²) in [6.45, 7) is 0. The Morgan fingerprint density at radius 1 is 1.12 bits per heavy atom. The van der Waals surface area contributed by atoms with Gasteiger partial charge in [-0.15, -0.1) is 0 Å². The molecule has 0 aliphatic heterocycles. The summed E-state index contributed by atoms with van der Waals surface area (Å²) in [5.74, 6) is 0.797. The lowest BCUT2D eigenvalue weighted by Crippen LogP contribution is -2.23. The second kappa shape index (κ2) is 5.65. The molecule has 1 unspecified atom stereocenters. The molecule has 1 fully saturated rings. The summed E-state index contributed by atoms with van der Waals surface area (Å²) in [5, 5.41) is 3.47. The predicted octanol–water partition coefficient (Wildman–Crippen LogP) is 4.66. The van der Waals surface area contributed by atoms with Crippen molar-refractivity contribution in [3.63, 3.8) is 0 Å². The molecule has 1 N–H and O–H groups in total. The fourth-order valence-electron chi connectivity index (χ4n) is 2.72. The van der Waals surface area contributed by atoms with Crippen LogP contribution in [0.4, 0.5) is 0 Å². The van der Waals surface area contributed by atoms with Crippen LogP contribution in [0.15, 0.2) is 27.1 Å². The van der Waals surface area contributed by atoms with Gasteiger partial charge in [0.25, 0.3) is 0 Å². The lowest BCUT2D eigenvalue weighted by atomic mass is 9.92. The molecule has 88 valence electrons. The molecule has 1 atom stereocenters. The highest BCUT2D eigenvalue weighted by atomic mass is 79.9. The maximum atomic E-state index is 3.56. The van der Waals surface area contributed by atoms with Gasteiger partial charge >= 0.3 is 0 Å². The van der Waals surface area contributed by atoms with E-state index in [0.717, 1.165) is 14.9 Å². The number of hydrogen-bond donors (Lipinski definition) is 1. The van der Waals surface area contributed by atoms with Crippen LogP contribution in [-0.4, -0.2) is 7.05 Å². The first-order chi connectivity index (χ1) is 7.70. The predicted molar refractivity (Wildman–Crippen MR) is 75.6 cm³/mol. The monoisotopic (exact) mass is 345 g/mol. The van der Waals surface area contributed by atoms with Crippen LogP contribution in [0, 0.1) is 5.92 Å². The molecule has 0 bridgehead atoms. The maximum Gasteiger partial charge on any atom is 0.0346 e. The second-order valence-corrected chi connectivity index (χ2v) is 6.35. The standard InChI is InChI=1S/C13H17Br2N/c1-16-13(9-4-2-3-5-9)10-6-11(14)8-12(15)7-10/h6-9,13,16H,2-5H2,1H3. The number of rotatable bonds is 3. The first kappa shape index (κ1) is 12.6. The van der Waals surface area contributed by atoms with E-state index in [9.17, 15) is 0 Å². The summed E-state index contributed by atoms with van der Waals surface area (Å²) in [6, 6.07) is 7.04. The van der Waals surface area contributed by atoms with Gasteiger partial charge in [-0.25, -0.2) is 0 Å². The molecule has 1 nitrogen and oxygen atoms in total. The van der Waals surface area contributed by atoms with Crippen molar-refractivity contribution in [3.8, 4) is 0 Å². The molecule has 0 radical (unpaired) electrons. The fourth-order valence-corrected chi connectivity index (χ4v) is 4.05. The third kappa shape index (κ3) is 2.88. The van der Waals surface area contributed by atoms with Gasteiger partial charge in [-0.05, 0) is 49.6 Å². The van der Waals surface area contributed by atoms with E-state index < -0.39 is 0 Å². The summed E-state index contributed by atoms with van der Waals surface area (Å²) in [7, 11) is 2.07. The lowest BCUT2D eigenvalue weighted by Gasteiger charge is -2.23. The third-order valence-electron chi connectivity index (χ3n) is 3.43. The zero-order chi connectivity index (χ0) is 11.5. The number of hydrogen-bond acceptors (Lipinski definition) is 1. The van der Waals surface area contributed by atoms with Gasteiger partial charge in [-0.1, -0.05) is 44.7 Å². The van der Waals surface area contributed by atoms with Crippen LogP contribution in [0.1, 0.15) is 37.3 Å². The Kier molecular flexibility index (Phi) is 4.45. The van der Waals surface area contributed by atoms with Crippen molar-refractivity contribution in [1.29, 1.82) is 0 Å². The first-order valence-electron chi connectivity index (χ1n) is 5.84. The molecule has 1 aliphatic carbocycles. The van der Waals surface area contributed by atoms with E-state index in [1.54, 1.807) is 0 Å². The zero-order valence-corrected chi connectivity index (χ0v) is 12.6. The molecule has 16 heavy (non-hydrogen) atoms. The van der Waals surface area contributed by atoms with E-state index in [-0.39, 0.29) is 0 Å². The van der Waals surface area contributed by atoms with Crippen LogP contribution >= 0.6 is 31.9 Å². The van der Waals surface area contributed by atoms with Gasteiger partial charge in [0.1, 0.15) is 0 Å². The Bertz CT molecular complexity index is 339. The zero-order valence-electron chi connectivity index (χ0n) is 9.47. The van der Waals surface area contributed by atoms with Gasteiger partial charge in [-0.3, -0.25) is 0 Å². The lowest BCUT2D eigenvalue weighted by molar-refractivity contribution is 0.390. The summed E-state index contributed by atoms with van der Waals surface area (Å²) in [4.78, 5) is 0. The van der Waals surface area contributed by atoms with Crippen LogP contribution in [0.5, 0.6) is 0 Å². The van der Waals surface area contributed by atoms with E-state index in [4.69, 9.17) is 0 Å². The fraction of sp³-hybridized carbons (Fsp3) is 0.538. The smallest absolute Gasteiger partial charge is 0.0346 e. The minimum atomic E-state index is 0.497. The normalized spacial score (nSPS) is 18.9. The SMILES string of the molecule is CNC(c1cc(Br)cc(Br)c1)C1CCCC1. The highest BCUT2D eigenvalue weighted by Gasteiger charge is 2.25. The average molecular weight is 347 g/mol. The average Bonchev–Trinajstić information content (AvgIpc) is 2.70.